The lowest BCUT2D eigenvalue weighted by molar-refractivity contribution is -0.117. The zero-order chi connectivity index (χ0) is 15.4. The lowest BCUT2D eigenvalue weighted by Crippen LogP contribution is -2.42. The van der Waals surface area contributed by atoms with Crippen molar-refractivity contribution in [1.29, 1.82) is 0 Å². The van der Waals surface area contributed by atoms with Gasteiger partial charge in [-0.15, -0.1) is 12.4 Å². The Morgan fingerprint density at radius 2 is 2.22 bits per heavy atom. The molecule has 0 spiro atoms. The molecule has 2 N–H and O–H groups in total. The third-order valence-corrected chi connectivity index (χ3v) is 4.06. The lowest BCUT2D eigenvalue weighted by atomic mass is 10.2. The zero-order valence-electron chi connectivity index (χ0n) is 13.3. The van der Waals surface area contributed by atoms with Crippen molar-refractivity contribution in [3.63, 3.8) is 0 Å². The van der Waals surface area contributed by atoms with Gasteiger partial charge in [0.15, 0.2) is 11.5 Å². The molecule has 0 aliphatic carbocycles. The maximum Gasteiger partial charge on any atom is 0.238 e. The van der Waals surface area contributed by atoms with Gasteiger partial charge in [0.05, 0.1) is 6.54 Å². The van der Waals surface area contributed by atoms with Crippen molar-refractivity contribution in [3.8, 4) is 11.5 Å². The van der Waals surface area contributed by atoms with E-state index in [1.165, 1.54) is 0 Å². The Bertz CT molecular complexity index is 535. The van der Waals surface area contributed by atoms with Crippen molar-refractivity contribution in [1.82, 2.24) is 10.2 Å². The van der Waals surface area contributed by atoms with E-state index in [1.807, 2.05) is 18.2 Å². The molecule has 3 rings (SSSR count). The standard InChI is InChI=1S/C16H23N3O3.ClH/c1-2-7-19(13-5-6-17-9-13)10-16(20)18-12-3-4-14-15(8-12)22-11-21-14;/h3-4,8,13,17H,2,5-7,9-11H2,1H3,(H,18,20);1H. The van der Waals surface area contributed by atoms with Gasteiger partial charge in [-0.05, 0) is 38.1 Å². The van der Waals surface area contributed by atoms with Crippen LogP contribution in [0, 0.1) is 0 Å². The van der Waals surface area contributed by atoms with Crippen LogP contribution in [-0.2, 0) is 4.79 Å². The van der Waals surface area contributed by atoms with E-state index < -0.39 is 0 Å². The van der Waals surface area contributed by atoms with Gasteiger partial charge in [-0.25, -0.2) is 0 Å². The van der Waals surface area contributed by atoms with Crippen molar-refractivity contribution in [2.75, 3.05) is 38.3 Å². The molecule has 1 atom stereocenters. The highest BCUT2D eigenvalue weighted by Gasteiger charge is 2.23. The summed E-state index contributed by atoms with van der Waals surface area (Å²) in [5.74, 6) is 1.42. The number of amides is 1. The number of halogens is 1. The number of benzene rings is 1. The molecular weight excluding hydrogens is 318 g/mol. The zero-order valence-corrected chi connectivity index (χ0v) is 14.2. The van der Waals surface area contributed by atoms with Gasteiger partial charge in [0.2, 0.25) is 12.7 Å². The fraction of sp³-hybridized carbons (Fsp3) is 0.562. The number of hydrogen-bond donors (Lipinski definition) is 2. The van der Waals surface area contributed by atoms with Crippen molar-refractivity contribution in [3.05, 3.63) is 18.2 Å². The molecule has 0 saturated carbocycles. The van der Waals surface area contributed by atoms with Crippen LogP contribution in [0.4, 0.5) is 5.69 Å². The van der Waals surface area contributed by atoms with Crippen LogP contribution in [0.1, 0.15) is 19.8 Å². The number of nitrogens with one attached hydrogen (secondary N) is 2. The van der Waals surface area contributed by atoms with E-state index in [1.54, 1.807) is 0 Å². The molecular formula is C16H24ClN3O3. The van der Waals surface area contributed by atoms with Crippen molar-refractivity contribution >= 4 is 24.0 Å². The van der Waals surface area contributed by atoms with Crippen LogP contribution in [0.15, 0.2) is 18.2 Å². The van der Waals surface area contributed by atoms with E-state index in [2.05, 4.69) is 22.5 Å². The van der Waals surface area contributed by atoms with Crippen molar-refractivity contribution < 1.29 is 14.3 Å². The number of ether oxygens (including phenoxy) is 2. The quantitative estimate of drug-likeness (QED) is 0.827. The molecule has 1 fully saturated rings. The first kappa shape index (κ1) is 17.8. The Hall–Kier alpha value is -1.50. The molecule has 23 heavy (non-hydrogen) atoms. The van der Waals surface area contributed by atoms with Gasteiger partial charge in [0.1, 0.15) is 0 Å². The Morgan fingerprint density at radius 3 is 2.96 bits per heavy atom. The van der Waals surface area contributed by atoms with Gasteiger partial charge in [0, 0.05) is 24.3 Å². The normalized spacial score (nSPS) is 18.8. The molecule has 2 heterocycles. The Balaban J connectivity index is 0.00000192. The van der Waals surface area contributed by atoms with E-state index >= 15 is 0 Å². The Morgan fingerprint density at radius 1 is 1.39 bits per heavy atom. The summed E-state index contributed by atoms with van der Waals surface area (Å²) in [5, 5.41) is 6.31. The summed E-state index contributed by atoms with van der Waals surface area (Å²) in [7, 11) is 0. The SMILES string of the molecule is CCCN(CC(=O)Nc1ccc2c(c1)OCO2)C1CCNC1.Cl. The second kappa shape index (κ2) is 8.38. The fourth-order valence-electron chi connectivity index (χ4n) is 2.99. The molecule has 1 aromatic rings. The lowest BCUT2D eigenvalue weighted by Gasteiger charge is -2.27. The highest BCUT2D eigenvalue weighted by molar-refractivity contribution is 5.92. The monoisotopic (exact) mass is 341 g/mol. The summed E-state index contributed by atoms with van der Waals surface area (Å²) in [6.07, 6.45) is 2.16. The van der Waals surface area contributed by atoms with Gasteiger partial charge in [-0.1, -0.05) is 6.92 Å². The Kier molecular flexibility index (Phi) is 6.50. The third-order valence-electron chi connectivity index (χ3n) is 4.06. The first-order chi connectivity index (χ1) is 10.8. The molecule has 0 aromatic heterocycles. The van der Waals surface area contributed by atoms with Crippen molar-refractivity contribution in [2.45, 2.75) is 25.8 Å². The smallest absolute Gasteiger partial charge is 0.238 e. The van der Waals surface area contributed by atoms with Gasteiger partial charge < -0.3 is 20.1 Å². The van der Waals surface area contributed by atoms with E-state index in [4.69, 9.17) is 9.47 Å². The molecule has 0 bridgehead atoms. The maximum atomic E-state index is 12.3. The summed E-state index contributed by atoms with van der Waals surface area (Å²) in [4.78, 5) is 14.6. The topological polar surface area (TPSA) is 62.8 Å². The van der Waals surface area contributed by atoms with Crippen LogP contribution in [0.5, 0.6) is 11.5 Å². The summed E-state index contributed by atoms with van der Waals surface area (Å²) in [5.41, 5.74) is 0.746. The predicted molar refractivity (Wildman–Crippen MR) is 91.6 cm³/mol. The van der Waals surface area contributed by atoms with Crippen LogP contribution < -0.4 is 20.1 Å². The minimum atomic E-state index is 0. The molecule has 0 radical (unpaired) electrons. The Labute approximate surface area is 142 Å². The number of hydrogen-bond acceptors (Lipinski definition) is 5. The number of anilines is 1. The number of nitrogens with zero attached hydrogens (tertiary/aromatic N) is 1. The molecule has 1 aromatic carbocycles. The largest absolute Gasteiger partial charge is 0.454 e. The average Bonchev–Trinajstić information content (AvgIpc) is 3.17. The van der Waals surface area contributed by atoms with Crippen molar-refractivity contribution in [2.24, 2.45) is 0 Å². The molecule has 128 valence electrons. The van der Waals surface area contributed by atoms with E-state index in [0.717, 1.165) is 43.9 Å². The third kappa shape index (κ3) is 4.50. The second-order valence-electron chi connectivity index (χ2n) is 5.73. The van der Waals surface area contributed by atoms with Crippen LogP contribution in [0.2, 0.25) is 0 Å². The molecule has 1 unspecified atom stereocenters. The molecule has 1 saturated heterocycles. The minimum absolute atomic E-state index is 0. The predicted octanol–water partition coefficient (Wildman–Crippen LogP) is 1.85. The average molecular weight is 342 g/mol. The molecule has 1 amide bonds. The molecule has 2 aliphatic heterocycles. The fourth-order valence-corrected chi connectivity index (χ4v) is 2.99. The highest BCUT2D eigenvalue weighted by Crippen LogP contribution is 2.34. The number of carbonyl (C=O) groups is 1. The van der Waals surface area contributed by atoms with Crippen LogP contribution in [0.25, 0.3) is 0 Å². The van der Waals surface area contributed by atoms with Gasteiger partial charge in [-0.3, -0.25) is 9.69 Å². The van der Waals surface area contributed by atoms with Gasteiger partial charge in [0.25, 0.3) is 0 Å². The minimum Gasteiger partial charge on any atom is -0.454 e. The first-order valence-electron chi connectivity index (χ1n) is 7.90. The molecule has 6 nitrogen and oxygen atoms in total. The van der Waals surface area contributed by atoms with Gasteiger partial charge in [-0.2, -0.15) is 0 Å². The molecule has 2 aliphatic rings. The van der Waals surface area contributed by atoms with E-state index in [9.17, 15) is 4.79 Å². The summed E-state index contributed by atoms with van der Waals surface area (Å²) in [6, 6.07) is 5.93. The van der Waals surface area contributed by atoms with Crippen LogP contribution in [0.3, 0.4) is 0 Å². The highest BCUT2D eigenvalue weighted by atomic mass is 35.5. The first-order valence-corrected chi connectivity index (χ1v) is 7.90. The second-order valence-corrected chi connectivity index (χ2v) is 5.73. The van der Waals surface area contributed by atoms with E-state index in [0.29, 0.717) is 18.3 Å². The van der Waals surface area contributed by atoms with E-state index in [-0.39, 0.29) is 25.1 Å². The maximum absolute atomic E-state index is 12.3. The number of fused-ring (bicyclic) bond motifs is 1. The molecule has 7 heteroatoms. The summed E-state index contributed by atoms with van der Waals surface area (Å²) in [6.45, 7) is 5.76. The number of rotatable bonds is 6. The number of carbonyl (C=O) groups excluding carboxylic acids is 1. The van der Waals surface area contributed by atoms with Crippen LogP contribution >= 0.6 is 12.4 Å². The van der Waals surface area contributed by atoms with Gasteiger partial charge >= 0.3 is 0 Å². The summed E-state index contributed by atoms with van der Waals surface area (Å²) >= 11 is 0. The van der Waals surface area contributed by atoms with Crippen LogP contribution in [-0.4, -0.2) is 49.8 Å². The summed E-state index contributed by atoms with van der Waals surface area (Å²) < 4.78 is 10.6.